The van der Waals surface area contributed by atoms with Crippen molar-refractivity contribution in [1.82, 2.24) is 9.97 Å². The van der Waals surface area contributed by atoms with Crippen LogP contribution in [-0.2, 0) is 6.42 Å². The number of nitrogens with zero attached hydrogens (tertiary/aromatic N) is 2. The lowest BCUT2D eigenvalue weighted by Crippen LogP contribution is -2.16. The Balaban J connectivity index is 1.51. The van der Waals surface area contributed by atoms with Gasteiger partial charge in [0, 0.05) is 39.7 Å². The number of hydrogen-bond acceptors (Lipinski definition) is 5. The Morgan fingerprint density at radius 3 is 2.55 bits per heavy atom. The lowest BCUT2D eigenvalue weighted by Gasteiger charge is -2.22. The van der Waals surface area contributed by atoms with Gasteiger partial charge in [0.05, 0.1) is 32.3 Å². The first-order chi connectivity index (χ1) is 16.2. The fourth-order valence-electron chi connectivity index (χ4n) is 5.67. The Morgan fingerprint density at radius 2 is 1.61 bits per heavy atom. The van der Waals surface area contributed by atoms with Crippen molar-refractivity contribution in [3.05, 3.63) is 87.6 Å². The maximum Gasteiger partial charge on any atom is 0.206 e. The van der Waals surface area contributed by atoms with E-state index in [1.807, 2.05) is 48.8 Å². The van der Waals surface area contributed by atoms with Gasteiger partial charge in [0.2, 0.25) is 5.78 Å². The molecule has 3 aliphatic rings. The summed E-state index contributed by atoms with van der Waals surface area (Å²) in [5, 5.41) is 3.57. The Morgan fingerprint density at radius 1 is 0.788 bits per heavy atom. The number of hydrogen-bond donors (Lipinski definition) is 0. The smallest absolute Gasteiger partial charge is 0.206 e. The molecule has 3 heterocycles. The molecule has 0 saturated heterocycles. The lowest BCUT2D eigenvalue weighted by molar-refractivity contribution is 0.103. The van der Waals surface area contributed by atoms with Crippen molar-refractivity contribution in [3.8, 4) is 21.8 Å². The third kappa shape index (κ3) is 2.02. The molecule has 8 rings (SSSR count). The van der Waals surface area contributed by atoms with Gasteiger partial charge in [-0.05, 0) is 35.4 Å². The Hall–Kier alpha value is -3.96. The molecule has 154 valence electrons. The molecule has 0 saturated carbocycles. The number of carbonyl (C=O) groups excluding carboxylic acids is 2. The van der Waals surface area contributed by atoms with Gasteiger partial charge in [-0.1, -0.05) is 42.5 Å². The third-order valence-corrected chi connectivity index (χ3v) is 8.31. The van der Waals surface area contributed by atoms with Crippen LogP contribution in [0.5, 0.6) is 0 Å². The number of allylic oxidation sites excluding steroid dienone is 1. The van der Waals surface area contributed by atoms with Crippen molar-refractivity contribution in [3.63, 3.8) is 0 Å². The second kappa shape index (κ2) is 5.88. The van der Waals surface area contributed by atoms with E-state index in [1.54, 1.807) is 0 Å². The molecule has 3 aliphatic carbocycles. The molecule has 0 atom stereocenters. The fourth-order valence-corrected chi connectivity index (χ4v) is 6.95. The number of fused-ring (bicyclic) bond motifs is 8. The molecule has 0 aliphatic heterocycles. The Bertz CT molecular complexity index is 1810. The van der Waals surface area contributed by atoms with Crippen LogP contribution in [0.15, 0.2) is 54.9 Å². The number of thiophene rings is 1. The van der Waals surface area contributed by atoms with Gasteiger partial charge in [0.15, 0.2) is 5.78 Å². The molecule has 33 heavy (non-hydrogen) atoms. The monoisotopic (exact) mass is 442 g/mol. The zero-order valence-corrected chi connectivity index (χ0v) is 18.1. The summed E-state index contributed by atoms with van der Waals surface area (Å²) in [6.07, 6.45) is 9.62. The van der Waals surface area contributed by atoms with E-state index < -0.39 is 0 Å². The van der Waals surface area contributed by atoms with Crippen LogP contribution in [0.25, 0.3) is 49.4 Å². The van der Waals surface area contributed by atoms with Gasteiger partial charge in [-0.2, -0.15) is 0 Å². The summed E-state index contributed by atoms with van der Waals surface area (Å²) in [7, 11) is 0. The average molecular weight is 442 g/mol. The van der Waals surface area contributed by atoms with Gasteiger partial charge in [-0.3, -0.25) is 19.6 Å². The quantitative estimate of drug-likeness (QED) is 0.279. The van der Waals surface area contributed by atoms with Crippen molar-refractivity contribution in [1.29, 1.82) is 0 Å². The van der Waals surface area contributed by atoms with Gasteiger partial charge in [-0.25, -0.2) is 0 Å². The van der Waals surface area contributed by atoms with Gasteiger partial charge in [0.25, 0.3) is 0 Å². The van der Waals surface area contributed by atoms with Crippen LogP contribution in [-0.4, -0.2) is 21.5 Å². The number of aromatic nitrogens is 2. The first-order valence-electron chi connectivity index (χ1n) is 11.0. The van der Waals surface area contributed by atoms with Crippen LogP contribution in [0.4, 0.5) is 0 Å². The third-order valence-electron chi connectivity index (χ3n) is 7.12. The summed E-state index contributed by atoms with van der Waals surface area (Å²) in [6, 6.07) is 11.8. The molecule has 0 radical (unpaired) electrons. The van der Waals surface area contributed by atoms with Crippen LogP contribution in [0, 0.1) is 0 Å². The van der Waals surface area contributed by atoms with E-state index in [2.05, 4.69) is 12.2 Å². The summed E-state index contributed by atoms with van der Waals surface area (Å²) in [5.74, 6) is -0.00485. The largest absolute Gasteiger partial charge is 0.288 e. The second-order valence-electron chi connectivity index (χ2n) is 8.76. The highest BCUT2D eigenvalue weighted by Crippen LogP contribution is 2.52. The highest BCUT2D eigenvalue weighted by molar-refractivity contribution is 7.20. The van der Waals surface area contributed by atoms with Crippen LogP contribution < -0.4 is 0 Å². The molecule has 0 amide bonds. The number of benzene rings is 2. The van der Waals surface area contributed by atoms with Crippen molar-refractivity contribution in [2.45, 2.75) is 12.8 Å². The predicted octanol–water partition coefficient (Wildman–Crippen LogP) is 6.23. The highest BCUT2D eigenvalue weighted by atomic mass is 32.1. The molecule has 5 aromatic rings. The Labute approximate surface area is 192 Å². The molecule has 2 aromatic carbocycles. The van der Waals surface area contributed by atoms with Crippen molar-refractivity contribution < 1.29 is 9.59 Å². The minimum atomic E-state index is -0.0167. The number of rotatable bonds is 0. The van der Waals surface area contributed by atoms with Gasteiger partial charge < -0.3 is 0 Å². The zero-order valence-electron chi connectivity index (χ0n) is 17.3. The average Bonchev–Trinajstić information content (AvgIpc) is 3.27. The molecular formula is C28H14N2O2S. The summed E-state index contributed by atoms with van der Waals surface area (Å²) < 4.78 is 0. The number of pyridine rings is 2. The minimum absolute atomic E-state index is 0.0118. The van der Waals surface area contributed by atoms with Crippen molar-refractivity contribution in [2.75, 3.05) is 0 Å². The number of ketones is 2. The van der Waals surface area contributed by atoms with Gasteiger partial charge >= 0.3 is 0 Å². The Kier molecular flexibility index (Phi) is 3.13. The van der Waals surface area contributed by atoms with E-state index in [9.17, 15) is 9.59 Å². The number of carbonyl (C=O) groups is 2. The summed E-state index contributed by atoms with van der Waals surface area (Å²) in [6.45, 7) is 0. The van der Waals surface area contributed by atoms with E-state index in [0.29, 0.717) is 27.3 Å². The van der Waals surface area contributed by atoms with Crippen LogP contribution in [0.3, 0.4) is 0 Å². The molecule has 3 aromatic heterocycles. The molecule has 0 N–H and O–H groups in total. The first-order valence-corrected chi connectivity index (χ1v) is 11.8. The summed E-state index contributed by atoms with van der Waals surface area (Å²) in [5.41, 5.74) is 6.45. The summed E-state index contributed by atoms with van der Waals surface area (Å²) in [4.78, 5) is 38.6. The zero-order chi connectivity index (χ0) is 21.8. The van der Waals surface area contributed by atoms with Crippen LogP contribution >= 0.6 is 11.3 Å². The van der Waals surface area contributed by atoms with E-state index >= 15 is 0 Å². The SMILES string of the molecule is O=C1c2c(ncc3c2CCC=C3)-c2sc3c4c(ccc1c24)-c1ncc2ccccc2c1C3=O. The molecule has 0 spiro atoms. The molecule has 0 unspecified atom stereocenters. The first kappa shape index (κ1) is 17.6. The fraction of sp³-hybridized carbons (Fsp3) is 0.0714. The maximum absolute atomic E-state index is 13.9. The molecule has 0 fully saturated rings. The lowest BCUT2D eigenvalue weighted by atomic mass is 9.81. The van der Waals surface area contributed by atoms with E-state index in [0.717, 1.165) is 61.6 Å². The topological polar surface area (TPSA) is 59.9 Å². The van der Waals surface area contributed by atoms with E-state index in [4.69, 9.17) is 9.97 Å². The van der Waals surface area contributed by atoms with E-state index in [1.165, 1.54) is 11.3 Å². The van der Waals surface area contributed by atoms with Crippen molar-refractivity contribution in [2.24, 2.45) is 0 Å². The van der Waals surface area contributed by atoms with Crippen molar-refractivity contribution >= 4 is 50.5 Å². The van der Waals surface area contributed by atoms with Crippen LogP contribution in [0.1, 0.15) is 48.7 Å². The molecule has 4 nitrogen and oxygen atoms in total. The van der Waals surface area contributed by atoms with Gasteiger partial charge in [0.1, 0.15) is 0 Å². The summed E-state index contributed by atoms with van der Waals surface area (Å²) >= 11 is 1.47. The molecule has 5 heteroatoms. The minimum Gasteiger partial charge on any atom is -0.288 e. The van der Waals surface area contributed by atoms with Crippen LogP contribution in [0.2, 0.25) is 0 Å². The predicted molar refractivity (Wildman–Crippen MR) is 130 cm³/mol. The van der Waals surface area contributed by atoms with Gasteiger partial charge in [-0.15, -0.1) is 11.3 Å². The standard InChI is InChI=1S/C28H14N2O2S/c31-25-18-10-9-17-19-20(18)27(24-22(25)16-8-4-2-6-14(16)12-30-24)33-28(19)26(32)21-15-7-3-1-5-13(15)11-29-23(17)21/h1-3,5-7,9-12H,4,8H2. The maximum atomic E-state index is 13.9. The highest BCUT2D eigenvalue weighted by Gasteiger charge is 2.38. The van der Waals surface area contributed by atoms with E-state index in [-0.39, 0.29) is 11.6 Å². The molecule has 0 bridgehead atoms. The molecular weight excluding hydrogens is 428 g/mol. The second-order valence-corrected chi connectivity index (χ2v) is 9.78. The normalized spacial score (nSPS) is 15.0.